The summed E-state index contributed by atoms with van der Waals surface area (Å²) in [5, 5.41) is 0. The third kappa shape index (κ3) is 2.65. The van der Waals surface area contributed by atoms with E-state index in [4.69, 9.17) is 24.0 Å². The molecule has 4 aliphatic heterocycles. The molecule has 5 fully saturated rings. The van der Waals surface area contributed by atoms with Crippen molar-refractivity contribution in [3.05, 3.63) is 35.9 Å². The zero-order chi connectivity index (χ0) is 18.6. The first-order valence-electron chi connectivity index (χ1n) is 9.98. The molecule has 6 heteroatoms. The summed E-state index contributed by atoms with van der Waals surface area (Å²) in [5.41, 5.74) is -0.0893. The van der Waals surface area contributed by atoms with Crippen LogP contribution in [0, 0.1) is 17.8 Å². The molecule has 6 rings (SSSR count). The molecule has 1 saturated carbocycles. The molecule has 6 nitrogen and oxygen atoms in total. The smallest absolute Gasteiger partial charge is 0.340 e. The highest BCUT2D eigenvalue weighted by Crippen LogP contribution is 2.59. The van der Waals surface area contributed by atoms with Crippen LogP contribution in [0.5, 0.6) is 0 Å². The monoisotopic (exact) mass is 374 g/mol. The molecule has 1 aliphatic carbocycles. The zero-order valence-corrected chi connectivity index (χ0v) is 15.8. The quantitative estimate of drug-likeness (QED) is 0.579. The summed E-state index contributed by atoms with van der Waals surface area (Å²) in [6.45, 7) is 3.96. The van der Waals surface area contributed by atoms with Crippen molar-refractivity contribution in [3.8, 4) is 0 Å². The number of esters is 1. The van der Waals surface area contributed by atoms with Crippen LogP contribution in [0.15, 0.2) is 30.3 Å². The minimum absolute atomic E-state index is 0.00799. The Morgan fingerprint density at radius 1 is 1.15 bits per heavy atom. The molecule has 146 valence electrons. The summed E-state index contributed by atoms with van der Waals surface area (Å²) in [5.74, 6) is -0.707. The van der Waals surface area contributed by atoms with E-state index in [2.05, 4.69) is 6.92 Å². The van der Waals surface area contributed by atoms with Gasteiger partial charge in [-0.15, -0.1) is 0 Å². The first-order valence-corrected chi connectivity index (χ1v) is 9.98. The lowest BCUT2D eigenvalue weighted by Crippen LogP contribution is -2.69. The second-order valence-electron chi connectivity index (χ2n) is 8.51. The lowest BCUT2D eigenvalue weighted by Gasteiger charge is -2.58. The first kappa shape index (κ1) is 17.6. The second-order valence-corrected chi connectivity index (χ2v) is 8.51. The fourth-order valence-corrected chi connectivity index (χ4v) is 5.41. The van der Waals surface area contributed by atoms with Crippen molar-refractivity contribution in [3.63, 3.8) is 0 Å². The minimum Gasteiger partial charge on any atom is -0.432 e. The first-order chi connectivity index (χ1) is 13.0. The van der Waals surface area contributed by atoms with E-state index in [0.29, 0.717) is 11.5 Å². The predicted octanol–water partition coefficient (Wildman–Crippen LogP) is 3.81. The molecule has 1 spiro atoms. The van der Waals surface area contributed by atoms with Gasteiger partial charge in [0.2, 0.25) is 12.1 Å². The Balaban J connectivity index is 1.44. The van der Waals surface area contributed by atoms with E-state index in [1.807, 2.05) is 25.1 Å². The highest BCUT2D eigenvalue weighted by molar-refractivity contribution is 5.89. The zero-order valence-electron chi connectivity index (χ0n) is 15.8. The number of hydrogen-bond donors (Lipinski definition) is 0. The molecule has 27 heavy (non-hydrogen) atoms. The molecule has 4 heterocycles. The van der Waals surface area contributed by atoms with Crippen molar-refractivity contribution in [1.29, 1.82) is 0 Å². The molecule has 7 unspecified atom stereocenters. The number of fused-ring (bicyclic) bond motifs is 2. The Morgan fingerprint density at radius 3 is 2.78 bits per heavy atom. The lowest BCUT2D eigenvalue weighted by molar-refractivity contribution is -0.574. The van der Waals surface area contributed by atoms with Crippen molar-refractivity contribution in [2.24, 2.45) is 17.8 Å². The van der Waals surface area contributed by atoms with Gasteiger partial charge >= 0.3 is 5.97 Å². The van der Waals surface area contributed by atoms with E-state index in [1.54, 1.807) is 12.1 Å². The molecule has 1 aromatic rings. The fraction of sp³-hybridized carbons (Fsp3) is 0.667. The number of ether oxygens (including phenoxy) is 3. The van der Waals surface area contributed by atoms with Crippen molar-refractivity contribution in [2.75, 3.05) is 0 Å². The van der Waals surface area contributed by atoms with Gasteiger partial charge in [0.25, 0.3) is 0 Å². The molecule has 5 aliphatic rings. The maximum absolute atomic E-state index is 12.6. The van der Waals surface area contributed by atoms with E-state index in [0.717, 1.165) is 32.1 Å². The van der Waals surface area contributed by atoms with Gasteiger partial charge in [-0.05, 0) is 44.2 Å². The Hall–Kier alpha value is -1.47. The van der Waals surface area contributed by atoms with Crippen LogP contribution in [0.2, 0.25) is 0 Å². The number of rotatable bonds is 2. The van der Waals surface area contributed by atoms with Crippen LogP contribution >= 0.6 is 0 Å². The highest BCUT2D eigenvalue weighted by atomic mass is 17.3. The molecule has 2 bridgehead atoms. The highest BCUT2D eigenvalue weighted by Gasteiger charge is 2.68. The van der Waals surface area contributed by atoms with Crippen molar-refractivity contribution < 1.29 is 28.8 Å². The Morgan fingerprint density at radius 2 is 1.96 bits per heavy atom. The summed E-state index contributed by atoms with van der Waals surface area (Å²) >= 11 is 0. The summed E-state index contributed by atoms with van der Waals surface area (Å²) in [6.07, 6.45) is 3.72. The van der Waals surface area contributed by atoms with Crippen LogP contribution in [-0.2, 0) is 24.0 Å². The van der Waals surface area contributed by atoms with E-state index >= 15 is 0 Å². The SMILES string of the molecule is CC1C(OC(=O)c2ccccc2)OC2OC3(C)CCC4CCCC1C42OO3. The summed E-state index contributed by atoms with van der Waals surface area (Å²) in [7, 11) is 0. The lowest BCUT2D eigenvalue weighted by atomic mass is 9.61. The Kier molecular flexibility index (Phi) is 4.09. The Labute approximate surface area is 159 Å². The topological polar surface area (TPSA) is 63.2 Å². The van der Waals surface area contributed by atoms with Gasteiger partial charge in [0, 0.05) is 18.3 Å². The molecule has 7 atom stereocenters. The van der Waals surface area contributed by atoms with Gasteiger partial charge in [-0.3, -0.25) is 0 Å². The van der Waals surface area contributed by atoms with E-state index in [9.17, 15) is 4.79 Å². The van der Waals surface area contributed by atoms with Gasteiger partial charge < -0.3 is 14.2 Å². The van der Waals surface area contributed by atoms with Crippen LogP contribution in [-0.4, -0.2) is 29.9 Å². The Bertz CT molecular complexity index is 723. The molecule has 0 amide bonds. The molecule has 0 aromatic heterocycles. The number of benzene rings is 1. The van der Waals surface area contributed by atoms with Gasteiger partial charge in [0.05, 0.1) is 5.56 Å². The van der Waals surface area contributed by atoms with E-state index in [1.165, 1.54) is 0 Å². The van der Waals surface area contributed by atoms with Gasteiger partial charge in [-0.25, -0.2) is 14.6 Å². The van der Waals surface area contributed by atoms with Crippen LogP contribution in [0.3, 0.4) is 0 Å². The summed E-state index contributed by atoms with van der Waals surface area (Å²) < 4.78 is 18.2. The maximum Gasteiger partial charge on any atom is 0.340 e. The molecule has 4 saturated heterocycles. The largest absolute Gasteiger partial charge is 0.432 e. The molecular weight excluding hydrogens is 348 g/mol. The normalized spacial score (nSPS) is 45.6. The molecule has 0 radical (unpaired) electrons. The average molecular weight is 374 g/mol. The van der Waals surface area contributed by atoms with Crippen LogP contribution in [0.4, 0.5) is 0 Å². The number of hydrogen-bond acceptors (Lipinski definition) is 6. The molecule has 0 N–H and O–H groups in total. The van der Waals surface area contributed by atoms with Crippen molar-refractivity contribution >= 4 is 5.97 Å². The van der Waals surface area contributed by atoms with Gasteiger partial charge in [-0.2, -0.15) is 0 Å². The predicted molar refractivity (Wildman–Crippen MR) is 94.1 cm³/mol. The van der Waals surface area contributed by atoms with E-state index < -0.39 is 24.0 Å². The van der Waals surface area contributed by atoms with Gasteiger partial charge in [0.15, 0.2) is 11.9 Å². The average Bonchev–Trinajstić information content (AvgIpc) is 2.91. The van der Waals surface area contributed by atoms with Crippen molar-refractivity contribution in [2.45, 2.75) is 69.9 Å². The summed E-state index contributed by atoms with van der Waals surface area (Å²) in [4.78, 5) is 24.4. The number of carbonyl (C=O) groups is 1. The van der Waals surface area contributed by atoms with Gasteiger partial charge in [-0.1, -0.05) is 31.5 Å². The second kappa shape index (κ2) is 6.27. The molecular formula is C21H26O6. The van der Waals surface area contributed by atoms with Crippen LogP contribution in [0.1, 0.15) is 56.3 Å². The third-order valence-corrected chi connectivity index (χ3v) is 6.87. The third-order valence-electron chi connectivity index (χ3n) is 6.87. The standard InChI is InChI=1S/C21H26O6/c1-13-16-10-6-9-15-11-12-20(2)25-19(21(15,16)27-26-20)24-18(13)23-17(22)14-7-4-3-5-8-14/h3-5,7-8,13,15-16,18-19H,6,9-12H2,1-2H3. The maximum atomic E-state index is 12.6. The van der Waals surface area contributed by atoms with Crippen LogP contribution in [0.25, 0.3) is 0 Å². The van der Waals surface area contributed by atoms with Gasteiger partial charge in [0.1, 0.15) is 0 Å². The summed E-state index contributed by atoms with van der Waals surface area (Å²) in [6, 6.07) is 9.01. The molecule has 1 aromatic carbocycles. The minimum atomic E-state index is -0.813. The van der Waals surface area contributed by atoms with Crippen LogP contribution < -0.4 is 0 Å². The van der Waals surface area contributed by atoms with E-state index in [-0.39, 0.29) is 17.8 Å². The fourth-order valence-electron chi connectivity index (χ4n) is 5.41. The number of carbonyl (C=O) groups excluding carboxylic acids is 1. The van der Waals surface area contributed by atoms with Crippen molar-refractivity contribution in [1.82, 2.24) is 0 Å².